The Morgan fingerprint density at radius 3 is 2.59 bits per heavy atom. The standard InChI is InChI=1S/C19H14ClNO/c20-16-7-4-8-17-19(16)15-10-9-14(11-18(15)21-17)22-12-13-5-2-1-3-6-13/h1-11,21H,12H2. The average Bonchev–Trinajstić information content (AvgIpc) is 2.93. The fraction of sp³-hybridized carbons (Fsp3) is 0.0526. The van der Waals surface area contributed by atoms with Crippen LogP contribution in [0.1, 0.15) is 5.56 Å². The number of hydrogen-bond donors (Lipinski definition) is 1. The van der Waals surface area contributed by atoms with Crippen LogP contribution < -0.4 is 4.74 Å². The van der Waals surface area contributed by atoms with Gasteiger partial charge in [0.2, 0.25) is 0 Å². The lowest BCUT2D eigenvalue weighted by Crippen LogP contribution is -1.94. The molecule has 22 heavy (non-hydrogen) atoms. The first kappa shape index (κ1) is 13.2. The van der Waals surface area contributed by atoms with Crippen molar-refractivity contribution in [3.05, 3.63) is 77.3 Å². The van der Waals surface area contributed by atoms with Crippen molar-refractivity contribution in [2.75, 3.05) is 0 Å². The van der Waals surface area contributed by atoms with Crippen molar-refractivity contribution in [2.24, 2.45) is 0 Å². The summed E-state index contributed by atoms with van der Waals surface area (Å²) in [5.74, 6) is 0.846. The minimum Gasteiger partial charge on any atom is -0.489 e. The minimum absolute atomic E-state index is 0.563. The summed E-state index contributed by atoms with van der Waals surface area (Å²) in [5.41, 5.74) is 3.23. The molecular formula is C19H14ClNO. The van der Waals surface area contributed by atoms with Crippen molar-refractivity contribution in [3.8, 4) is 5.75 Å². The lowest BCUT2D eigenvalue weighted by atomic mass is 10.1. The van der Waals surface area contributed by atoms with E-state index in [-0.39, 0.29) is 0 Å². The number of fused-ring (bicyclic) bond motifs is 3. The third-order valence-electron chi connectivity index (χ3n) is 3.79. The van der Waals surface area contributed by atoms with Crippen LogP contribution in [0, 0.1) is 0 Å². The number of nitrogens with one attached hydrogen (secondary N) is 1. The fourth-order valence-electron chi connectivity index (χ4n) is 2.72. The molecule has 0 aliphatic rings. The van der Waals surface area contributed by atoms with Crippen LogP contribution in [0.2, 0.25) is 5.02 Å². The first-order chi connectivity index (χ1) is 10.8. The van der Waals surface area contributed by atoms with Gasteiger partial charge in [0.15, 0.2) is 0 Å². The predicted octanol–water partition coefficient (Wildman–Crippen LogP) is 5.55. The fourth-order valence-corrected chi connectivity index (χ4v) is 3.00. The largest absolute Gasteiger partial charge is 0.489 e. The molecule has 0 atom stereocenters. The summed E-state index contributed by atoms with van der Waals surface area (Å²) < 4.78 is 5.87. The van der Waals surface area contributed by atoms with Crippen LogP contribution in [-0.2, 0) is 6.61 Å². The van der Waals surface area contributed by atoms with Gasteiger partial charge in [-0.15, -0.1) is 0 Å². The van der Waals surface area contributed by atoms with E-state index in [9.17, 15) is 0 Å². The Hall–Kier alpha value is -2.45. The van der Waals surface area contributed by atoms with Gasteiger partial charge in [-0.05, 0) is 29.8 Å². The molecule has 0 bridgehead atoms. The summed E-state index contributed by atoms with van der Waals surface area (Å²) in [6, 6.07) is 22.1. The maximum Gasteiger partial charge on any atom is 0.121 e. The van der Waals surface area contributed by atoms with Gasteiger partial charge in [-0.1, -0.05) is 48.0 Å². The molecule has 2 nitrogen and oxygen atoms in total. The quantitative estimate of drug-likeness (QED) is 0.527. The zero-order valence-corrected chi connectivity index (χ0v) is 12.6. The first-order valence-corrected chi connectivity index (χ1v) is 7.56. The van der Waals surface area contributed by atoms with E-state index in [1.807, 2.05) is 48.5 Å². The SMILES string of the molecule is Clc1cccc2[nH]c3cc(OCc4ccccc4)ccc3c12. The molecule has 0 aliphatic carbocycles. The number of benzene rings is 3. The second kappa shape index (κ2) is 5.39. The average molecular weight is 308 g/mol. The minimum atomic E-state index is 0.563. The summed E-state index contributed by atoms with van der Waals surface area (Å²) in [7, 11) is 0. The van der Waals surface area contributed by atoms with E-state index in [0.29, 0.717) is 6.61 Å². The van der Waals surface area contributed by atoms with Crippen molar-refractivity contribution < 1.29 is 4.74 Å². The number of aromatic nitrogens is 1. The number of H-pyrrole nitrogens is 1. The highest BCUT2D eigenvalue weighted by Gasteiger charge is 2.08. The number of ether oxygens (including phenoxy) is 1. The summed E-state index contributed by atoms with van der Waals surface area (Å²) in [5, 5.41) is 2.95. The van der Waals surface area contributed by atoms with Crippen molar-refractivity contribution in [1.29, 1.82) is 0 Å². The predicted molar refractivity (Wildman–Crippen MR) is 91.6 cm³/mol. The molecule has 108 valence electrons. The highest BCUT2D eigenvalue weighted by Crippen LogP contribution is 2.33. The van der Waals surface area contributed by atoms with Crippen LogP contribution in [0.15, 0.2) is 66.7 Å². The van der Waals surface area contributed by atoms with Crippen LogP contribution in [0.25, 0.3) is 21.8 Å². The van der Waals surface area contributed by atoms with E-state index in [1.165, 1.54) is 0 Å². The lowest BCUT2D eigenvalue weighted by Gasteiger charge is -2.06. The van der Waals surface area contributed by atoms with Crippen LogP contribution in [0.4, 0.5) is 0 Å². The third kappa shape index (κ3) is 2.32. The highest BCUT2D eigenvalue weighted by molar-refractivity contribution is 6.37. The molecule has 0 amide bonds. The number of aromatic amines is 1. The van der Waals surface area contributed by atoms with Gasteiger partial charge in [-0.3, -0.25) is 0 Å². The van der Waals surface area contributed by atoms with Crippen LogP contribution in [0.5, 0.6) is 5.75 Å². The van der Waals surface area contributed by atoms with Crippen molar-refractivity contribution in [3.63, 3.8) is 0 Å². The maximum atomic E-state index is 6.31. The summed E-state index contributed by atoms with van der Waals surface area (Å²) in [4.78, 5) is 3.39. The van der Waals surface area contributed by atoms with Crippen molar-refractivity contribution in [1.82, 2.24) is 4.98 Å². The van der Waals surface area contributed by atoms with Gasteiger partial charge < -0.3 is 9.72 Å². The molecule has 0 unspecified atom stereocenters. The second-order valence-electron chi connectivity index (χ2n) is 5.27. The van der Waals surface area contributed by atoms with Crippen molar-refractivity contribution in [2.45, 2.75) is 6.61 Å². The maximum absolute atomic E-state index is 6.31. The van der Waals surface area contributed by atoms with Crippen molar-refractivity contribution >= 4 is 33.4 Å². The molecule has 3 heteroatoms. The molecule has 0 saturated carbocycles. The van der Waals surface area contributed by atoms with Gasteiger partial charge in [0.1, 0.15) is 12.4 Å². The Kier molecular flexibility index (Phi) is 3.24. The molecule has 4 aromatic rings. The number of rotatable bonds is 3. The first-order valence-electron chi connectivity index (χ1n) is 7.18. The van der Waals surface area contributed by atoms with E-state index in [2.05, 4.69) is 23.2 Å². The Labute approximate surface area is 133 Å². The molecular weight excluding hydrogens is 294 g/mol. The molecule has 1 N–H and O–H groups in total. The molecule has 4 rings (SSSR count). The van der Waals surface area contributed by atoms with E-state index in [0.717, 1.165) is 38.1 Å². The zero-order chi connectivity index (χ0) is 14.9. The third-order valence-corrected chi connectivity index (χ3v) is 4.11. The van der Waals surface area contributed by atoms with Gasteiger partial charge in [-0.25, -0.2) is 0 Å². The van der Waals surface area contributed by atoms with Gasteiger partial charge in [0.25, 0.3) is 0 Å². The number of hydrogen-bond acceptors (Lipinski definition) is 1. The molecule has 0 spiro atoms. The van der Waals surface area contributed by atoms with Crippen LogP contribution in [0.3, 0.4) is 0 Å². The summed E-state index contributed by atoms with van der Waals surface area (Å²) in [6.07, 6.45) is 0. The van der Waals surface area contributed by atoms with Gasteiger partial charge in [0.05, 0.1) is 10.5 Å². The smallest absolute Gasteiger partial charge is 0.121 e. The normalized spacial score (nSPS) is 11.1. The molecule has 0 aliphatic heterocycles. The Morgan fingerprint density at radius 1 is 0.864 bits per heavy atom. The Bertz CT molecular complexity index is 944. The lowest BCUT2D eigenvalue weighted by molar-refractivity contribution is 0.306. The Balaban J connectivity index is 1.69. The second-order valence-corrected chi connectivity index (χ2v) is 5.68. The molecule has 0 fully saturated rings. The van der Waals surface area contributed by atoms with Crippen LogP contribution >= 0.6 is 11.6 Å². The topological polar surface area (TPSA) is 25.0 Å². The summed E-state index contributed by atoms with van der Waals surface area (Å²) in [6.45, 7) is 0.563. The van der Waals surface area contributed by atoms with E-state index < -0.39 is 0 Å². The summed E-state index contributed by atoms with van der Waals surface area (Å²) >= 11 is 6.31. The van der Waals surface area contributed by atoms with Gasteiger partial charge >= 0.3 is 0 Å². The highest BCUT2D eigenvalue weighted by atomic mass is 35.5. The van der Waals surface area contributed by atoms with Crippen LogP contribution in [-0.4, -0.2) is 4.98 Å². The van der Waals surface area contributed by atoms with Gasteiger partial charge in [-0.2, -0.15) is 0 Å². The van der Waals surface area contributed by atoms with E-state index >= 15 is 0 Å². The molecule has 1 heterocycles. The molecule has 0 saturated heterocycles. The molecule has 1 aromatic heterocycles. The van der Waals surface area contributed by atoms with Gasteiger partial charge in [0, 0.05) is 22.4 Å². The van der Waals surface area contributed by atoms with E-state index in [1.54, 1.807) is 0 Å². The number of halogens is 1. The van der Waals surface area contributed by atoms with E-state index in [4.69, 9.17) is 16.3 Å². The molecule has 3 aromatic carbocycles. The zero-order valence-electron chi connectivity index (χ0n) is 11.8. The molecule has 0 radical (unpaired) electrons. The Morgan fingerprint density at radius 2 is 1.73 bits per heavy atom. The monoisotopic (exact) mass is 307 g/mol.